The summed E-state index contributed by atoms with van der Waals surface area (Å²) in [7, 11) is 0. The SMILES string of the molecule is CC(OC(=O)c1cc(-c2ccc(Br)cc2)n[nH]1)C(=O)NCc1ccccc1. The highest BCUT2D eigenvalue weighted by Gasteiger charge is 2.20. The number of carbonyl (C=O) groups excluding carboxylic acids is 2. The standard InChI is InChI=1S/C20H18BrN3O3/c1-13(19(25)22-12-14-5-3-2-4-6-14)27-20(26)18-11-17(23-24-18)15-7-9-16(21)10-8-15/h2-11,13H,12H2,1H3,(H,22,25)(H,23,24). The van der Waals surface area contributed by atoms with Gasteiger partial charge in [0.2, 0.25) is 0 Å². The molecule has 3 rings (SSSR count). The Bertz CT molecular complexity index is 923. The summed E-state index contributed by atoms with van der Waals surface area (Å²) in [5.41, 5.74) is 2.64. The van der Waals surface area contributed by atoms with Gasteiger partial charge in [-0.05, 0) is 30.7 Å². The molecule has 0 aliphatic carbocycles. The van der Waals surface area contributed by atoms with Crippen molar-refractivity contribution in [3.8, 4) is 11.3 Å². The smallest absolute Gasteiger partial charge is 0.357 e. The number of hydrogen-bond donors (Lipinski definition) is 2. The molecule has 0 radical (unpaired) electrons. The highest BCUT2D eigenvalue weighted by atomic mass is 79.9. The zero-order chi connectivity index (χ0) is 19.2. The Morgan fingerprint density at radius 3 is 2.56 bits per heavy atom. The normalized spacial score (nSPS) is 11.6. The lowest BCUT2D eigenvalue weighted by molar-refractivity contribution is -0.129. The third-order valence-corrected chi connectivity index (χ3v) is 4.43. The van der Waals surface area contributed by atoms with Crippen molar-refractivity contribution in [1.29, 1.82) is 0 Å². The molecule has 0 fully saturated rings. The predicted octanol–water partition coefficient (Wildman–Crippen LogP) is 3.70. The minimum atomic E-state index is -0.916. The monoisotopic (exact) mass is 427 g/mol. The van der Waals surface area contributed by atoms with E-state index >= 15 is 0 Å². The van der Waals surface area contributed by atoms with Crippen molar-refractivity contribution in [2.45, 2.75) is 19.6 Å². The zero-order valence-corrected chi connectivity index (χ0v) is 16.2. The molecule has 1 heterocycles. The lowest BCUT2D eigenvalue weighted by Crippen LogP contribution is -2.35. The van der Waals surface area contributed by atoms with Crippen LogP contribution in [0.3, 0.4) is 0 Å². The maximum absolute atomic E-state index is 12.3. The highest BCUT2D eigenvalue weighted by Crippen LogP contribution is 2.20. The minimum absolute atomic E-state index is 0.190. The van der Waals surface area contributed by atoms with Crippen LogP contribution in [0.15, 0.2) is 65.1 Å². The van der Waals surface area contributed by atoms with Gasteiger partial charge in [-0.3, -0.25) is 9.89 Å². The molecule has 27 heavy (non-hydrogen) atoms. The zero-order valence-electron chi connectivity index (χ0n) is 14.6. The van der Waals surface area contributed by atoms with Gasteiger partial charge in [-0.1, -0.05) is 58.4 Å². The predicted molar refractivity (Wildman–Crippen MR) is 105 cm³/mol. The molecule has 1 atom stereocenters. The van der Waals surface area contributed by atoms with Crippen LogP contribution in [-0.2, 0) is 16.1 Å². The van der Waals surface area contributed by atoms with Gasteiger partial charge >= 0.3 is 5.97 Å². The quantitative estimate of drug-likeness (QED) is 0.587. The lowest BCUT2D eigenvalue weighted by atomic mass is 10.1. The first kappa shape index (κ1) is 18.8. The van der Waals surface area contributed by atoms with Crippen LogP contribution in [0.2, 0.25) is 0 Å². The van der Waals surface area contributed by atoms with Gasteiger partial charge in [-0.25, -0.2) is 4.79 Å². The van der Waals surface area contributed by atoms with Crippen molar-refractivity contribution in [3.63, 3.8) is 0 Å². The van der Waals surface area contributed by atoms with E-state index in [-0.39, 0.29) is 11.6 Å². The Kier molecular flexibility index (Phi) is 6.03. The summed E-state index contributed by atoms with van der Waals surface area (Å²) < 4.78 is 6.18. The fourth-order valence-corrected chi connectivity index (χ4v) is 2.67. The molecule has 138 valence electrons. The van der Waals surface area contributed by atoms with Gasteiger partial charge in [0.05, 0.1) is 5.69 Å². The molecule has 1 amide bonds. The molecule has 1 unspecified atom stereocenters. The van der Waals surface area contributed by atoms with Crippen molar-refractivity contribution in [1.82, 2.24) is 15.5 Å². The summed E-state index contributed by atoms with van der Waals surface area (Å²) in [6, 6.07) is 18.7. The van der Waals surface area contributed by atoms with Crippen LogP contribution in [0.1, 0.15) is 23.0 Å². The molecule has 2 N–H and O–H groups in total. The van der Waals surface area contributed by atoms with E-state index in [9.17, 15) is 9.59 Å². The number of nitrogens with zero attached hydrogens (tertiary/aromatic N) is 1. The van der Waals surface area contributed by atoms with Crippen LogP contribution in [0.25, 0.3) is 11.3 Å². The van der Waals surface area contributed by atoms with Crippen molar-refractivity contribution < 1.29 is 14.3 Å². The second kappa shape index (κ2) is 8.64. The Labute approximate surface area is 165 Å². The van der Waals surface area contributed by atoms with Gasteiger partial charge in [0.25, 0.3) is 5.91 Å². The number of amides is 1. The van der Waals surface area contributed by atoms with Gasteiger partial charge in [-0.15, -0.1) is 0 Å². The van der Waals surface area contributed by atoms with Crippen molar-refractivity contribution in [3.05, 3.63) is 76.4 Å². The van der Waals surface area contributed by atoms with E-state index in [2.05, 4.69) is 31.4 Å². The largest absolute Gasteiger partial charge is 0.448 e. The van der Waals surface area contributed by atoms with Crippen LogP contribution in [0, 0.1) is 0 Å². The Balaban J connectivity index is 1.56. The first-order chi connectivity index (χ1) is 13.0. The maximum Gasteiger partial charge on any atom is 0.357 e. The molecule has 0 aliphatic heterocycles. The van der Waals surface area contributed by atoms with Crippen molar-refractivity contribution in [2.24, 2.45) is 0 Å². The number of carbonyl (C=O) groups is 2. The second-order valence-electron chi connectivity index (χ2n) is 5.92. The first-order valence-electron chi connectivity index (χ1n) is 8.37. The van der Waals surface area contributed by atoms with Crippen LogP contribution >= 0.6 is 15.9 Å². The number of rotatable bonds is 6. The molecule has 0 bridgehead atoms. The van der Waals surface area contributed by atoms with Crippen LogP contribution in [-0.4, -0.2) is 28.2 Å². The van der Waals surface area contributed by atoms with Gasteiger partial charge in [0, 0.05) is 16.6 Å². The van der Waals surface area contributed by atoms with E-state index in [4.69, 9.17) is 4.74 Å². The summed E-state index contributed by atoms with van der Waals surface area (Å²) in [6.45, 7) is 1.91. The molecule has 6 nitrogen and oxygen atoms in total. The number of nitrogens with one attached hydrogen (secondary N) is 2. The van der Waals surface area contributed by atoms with Gasteiger partial charge in [-0.2, -0.15) is 5.10 Å². The second-order valence-corrected chi connectivity index (χ2v) is 6.84. The average Bonchev–Trinajstić information content (AvgIpc) is 3.17. The molecular formula is C20H18BrN3O3. The molecule has 1 aromatic heterocycles. The lowest BCUT2D eigenvalue weighted by Gasteiger charge is -2.12. The summed E-state index contributed by atoms with van der Waals surface area (Å²) in [4.78, 5) is 24.4. The average molecular weight is 428 g/mol. The number of aromatic amines is 1. The molecule has 3 aromatic rings. The molecule has 7 heteroatoms. The van der Waals surface area contributed by atoms with Crippen LogP contribution in [0.4, 0.5) is 0 Å². The number of benzene rings is 2. The molecule has 0 aliphatic rings. The number of halogens is 1. The number of esters is 1. The summed E-state index contributed by atoms with van der Waals surface area (Å²) in [5.74, 6) is -0.993. The maximum atomic E-state index is 12.3. The first-order valence-corrected chi connectivity index (χ1v) is 9.16. The van der Waals surface area contributed by atoms with Crippen molar-refractivity contribution >= 4 is 27.8 Å². The van der Waals surface area contributed by atoms with E-state index in [1.54, 1.807) is 6.07 Å². The third-order valence-electron chi connectivity index (χ3n) is 3.90. The highest BCUT2D eigenvalue weighted by molar-refractivity contribution is 9.10. The fraction of sp³-hybridized carbons (Fsp3) is 0.150. The minimum Gasteiger partial charge on any atom is -0.448 e. The van der Waals surface area contributed by atoms with E-state index in [0.717, 1.165) is 15.6 Å². The number of aromatic nitrogens is 2. The fourth-order valence-electron chi connectivity index (χ4n) is 2.40. The summed E-state index contributed by atoms with van der Waals surface area (Å²) >= 11 is 3.37. The Morgan fingerprint density at radius 1 is 1.15 bits per heavy atom. The summed E-state index contributed by atoms with van der Waals surface area (Å²) in [5, 5.41) is 9.52. The molecule has 0 spiro atoms. The van der Waals surface area contributed by atoms with Crippen LogP contribution in [0.5, 0.6) is 0 Å². The topological polar surface area (TPSA) is 84.1 Å². The van der Waals surface area contributed by atoms with Gasteiger partial charge in [0.1, 0.15) is 5.69 Å². The van der Waals surface area contributed by atoms with Gasteiger partial charge in [0.15, 0.2) is 6.10 Å². The molecule has 0 saturated heterocycles. The van der Waals surface area contributed by atoms with Crippen molar-refractivity contribution in [2.75, 3.05) is 0 Å². The number of H-pyrrole nitrogens is 1. The van der Waals surface area contributed by atoms with E-state index in [1.807, 2.05) is 54.6 Å². The molecule has 2 aromatic carbocycles. The number of ether oxygens (including phenoxy) is 1. The molecular weight excluding hydrogens is 410 g/mol. The number of hydrogen-bond acceptors (Lipinski definition) is 4. The van der Waals surface area contributed by atoms with Crippen LogP contribution < -0.4 is 5.32 Å². The third kappa shape index (κ3) is 5.04. The Morgan fingerprint density at radius 2 is 1.85 bits per heavy atom. The van der Waals surface area contributed by atoms with E-state index in [1.165, 1.54) is 6.92 Å². The van der Waals surface area contributed by atoms with Gasteiger partial charge < -0.3 is 10.1 Å². The molecule has 0 saturated carbocycles. The summed E-state index contributed by atoms with van der Waals surface area (Å²) in [6.07, 6.45) is -0.916. The van der Waals surface area contributed by atoms with E-state index < -0.39 is 12.1 Å². The van der Waals surface area contributed by atoms with E-state index in [0.29, 0.717) is 12.2 Å². The Hall–Kier alpha value is -2.93.